The van der Waals surface area contributed by atoms with Crippen LogP contribution in [0.4, 0.5) is 0 Å². The Hall–Kier alpha value is -0.850. The molecule has 0 saturated heterocycles. The summed E-state index contributed by atoms with van der Waals surface area (Å²) in [7, 11) is 2.23. The van der Waals surface area contributed by atoms with E-state index in [1.54, 1.807) is 0 Å². The van der Waals surface area contributed by atoms with Crippen molar-refractivity contribution in [2.24, 2.45) is 22.6 Å². The van der Waals surface area contributed by atoms with Gasteiger partial charge in [-0.1, -0.05) is 27.7 Å². The quantitative estimate of drug-likeness (QED) is 0.655. The third-order valence-corrected chi connectivity index (χ3v) is 6.02. The van der Waals surface area contributed by atoms with Gasteiger partial charge in [0.05, 0.1) is 0 Å². The van der Waals surface area contributed by atoms with Crippen molar-refractivity contribution in [1.29, 1.82) is 0 Å². The maximum atomic E-state index is 6.77. The summed E-state index contributed by atoms with van der Waals surface area (Å²) in [4.78, 5) is 12.6. The summed E-state index contributed by atoms with van der Waals surface area (Å²) in [6, 6.07) is 1.10. The van der Waals surface area contributed by atoms with Gasteiger partial charge in [0.1, 0.15) is 0 Å². The van der Waals surface area contributed by atoms with Gasteiger partial charge in [0.15, 0.2) is 17.5 Å². The van der Waals surface area contributed by atoms with E-state index in [1.165, 1.54) is 0 Å². The molecule has 2 atom stereocenters. The summed E-state index contributed by atoms with van der Waals surface area (Å²) in [5.74, 6) is 0.171. The molecule has 6 heteroatoms. The van der Waals surface area contributed by atoms with E-state index in [0.29, 0.717) is 17.9 Å². The first-order valence-electron chi connectivity index (χ1n) is 11.1. The number of hydrogen-bond acceptors (Lipinski definition) is 6. The van der Waals surface area contributed by atoms with Crippen molar-refractivity contribution in [2.45, 2.75) is 119 Å². The van der Waals surface area contributed by atoms with E-state index in [1.807, 2.05) is 0 Å². The largest absolute Gasteiger partial charge is 0.370 e. The molecular weight excluding hydrogens is 348 g/mol. The Morgan fingerprint density at radius 3 is 1.64 bits per heavy atom. The smallest absolute Gasteiger partial charge is 0.197 e. The maximum absolute atomic E-state index is 6.77. The second-order valence-corrected chi connectivity index (χ2v) is 10.1. The van der Waals surface area contributed by atoms with E-state index < -0.39 is 11.6 Å². The molecule has 28 heavy (non-hydrogen) atoms. The first kappa shape index (κ1) is 25.2. The SMILES string of the molecule is CC(C)NC1(C(C)C)N=C(N)N(C(C)C)C(C(C)C)(N(C)C(C)C)N1C(C)C. The predicted molar refractivity (Wildman–Crippen MR) is 122 cm³/mol. The van der Waals surface area contributed by atoms with Gasteiger partial charge in [-0.15, -0.1) is 0 Å². The second kappa shape index (κ2) is 8.88. The van der Waals surface area contributed by atoms with Gasteiger partial charge < -0.3 is 10.6 Å². The minimum absolute atomic E-state index is 0.220. The van der Waals surface area contributed by atoms with Crippen LogP contribution in [0.15, 0.2) is 4.99 Å². The molecule has 0 saturated carbocycles. The standard InChI is InChI=1S/C22H48N6/c1-14(2)21(24-16(5)6)25-20(23)27(18(9)10)22(15(3)4,26(13)17(7)8)28(21)19(11)12/h14-19,24H,1-13H3,(H2,23,25). The molecule has 3 N–H and O–H groups in total. The van der Waals surface area contributed by atoms with E-state index in [-0.39, 0.29) is 24.0 Å². The molecule has 166 valence electrons. The average Bonchev–Trinajstić information content (AvgIpc) is 2.50. The number of guanidine groups is 1. The molecule has 0 aromatic rings. The summed E-state index contributed by atoms with van der Waals surface area (Å²) in [5, 5.41) is 3.82. The molecule has 1 heterocycles. The molecule has 0 spiro atoms. The number of nitrogens with zero attached hydrogens (tertiary/aromatic N) is 4. The van der Waals surface area contributed by atoms with Crippen molar-refractivity contribution in [1.82, 2.24) is 20.0 Å². The van der Waals surface area contributed by atoms with Crippen molar-refractivity contribution >= 4 is 5.96 Å². The maximum Gasteiger partial charge on any atom is 0.197 e. The number of nitrogens with two attached hydrogens (primary N) is 1. The lowest BCUT2D eigenvalue weighted by atomic mass is 9.88. The van der Waals surface area contributed by atoms with Crippen LogP contribution in [0.25, 0.3) is 0 Å². The van der Waals surface area contributed by atoms with Crippen LogP contribution in [0.3, 0.4) is 0 Å². The fourth-order valence-electron chi connectivity index (χ4n) is 5.02. The van der Waals surface area contributed by atoms with Gasteiger partial charge in [0.25, 0.3) is 0 Å². The monoisotopic (exact) mass is 396 g/mol. The average molecular weight is 397 g/mol. The van der Waals surface area contributed by atoms with Crippen LogP contribution in [-0.4, -0.2) is 63.4 Å². The molecule has 6 nitrogen and oxygen atoms in total. The Morgan fingerprint density at radius 2 is 1.36 bits per heavy atom. The third-order valence-electron chi connectivity index (χ3n) is 6.02. The van der Waals surface area contributed by atoms with Crippen molar-refractivity contribution in [3.63, 3.8) is 0 Å². The fraction of sp³-hybridized carbons (Fsp3) is 0.955. The number of nitrogens with one attached hydrogen (secondary N) is 1. The Kier molecular flexibility index (Phi) is 7.99. The topological polar surface area (TPSA) is 60.1 Å². The lowest BCUT2D eigenvalue weighted by Crippen LogP contribution is -2.86. The Morgan fingerprint density at radius 1 is 0.857 bits per heavy atom. The zero-order chi connectivity index (χ0) is 22.2. The second-order valence-electron chi connectivity index (χ2n) is 10.1. The third kappa shape index (κ3) is 3.92. The minimum Gasteiger partial charge on any atom is -0.370 e. The van der Waals surface area contributed by atoms with Crippen LogP contribution < -0.4 is 11.1 Å². The van der Waals surface area contributed by atoms with Crippen LogP contribution >= 0.6 is 0 Å². The predicted octanol–water partition coefficient (Wildman–Crippen LogP) is 3.69. The van der Waals surface area contributed by atoms with E-state index in [2.05, 4.69) is 110 Å². The van der Waals surface area contributed by atoms with Crippen LogP contribution in [0.1, 0.15) is 83.1 Å². The summed E-state index contributed by atoms with van der Waals surface area (Å²) < 4.78 is 0. The lowest BCUT2D eigenvalue weighted by molar-refractivity contribution is -0.255. The number of aliphatic imine (C=N–C) groups is 1. The Labute approximate surface area is 174 Å². The summed E-state index contributed by atoms with van der Waals surface area (Å²) >= 11 is 0. The number of rotatable bonds is 8. The molecule has 1 aliphatic heterocycles. The van der Waals surface area contributed by atoms with E-state index in [0.717, 1.165) is 0 Å². The van der Waals surface area contributed by atoms with E-state index in [4.69, 9.17) is 10.7 Å². The van der Waals surface area contributed by atoms with Gasteiger partial charge in [0, 0.05) is 36.0 Å². The van der Waals surface area contributed by atoms with Gasteiger partial charge in [-0.2, -0.15) is 0 Å². The fourth-order valence-corrected chi connectivity index (χ4v) is 5.02. The van der Waals surface area contributed by atoms with Crippen LogP contribution in [0.2, 0.25) is 0 Å². The molecule has 0 aromatic carbocycles. The highest BCUT2D eigenvalue weighted by atomic mass is 15.7. The van der Waals surface area contributed by atoms with Crippen molar-refractivity contribution in [3.8, 4) is 0 Å². The van der Waals surface area contributed by atoms with Crippen molar-refractivity contribution in [2.75, 3.05) is 7.05 Å². The Bertz CT molecular complexity index is 539. The van der Waals surface area contributed by atoms with Gasteiger partial charge in [0.2, 0.25) is 0 Å². The van der Waals surface area contributed by atoms with Crippen LogP contribution in [0.5, 0.6) is 0 Å². The molecule has 2 unspecified atom stereocenters. The molecule has 0 aliphatic carbocycles. The van der Waals surface area contributed by atoms with E-state index >= 15 is 0 Å². The van der Waals surface area contributed by atoms with Crippen molar-refractivity contribution in [3.05, 3.63) is 0 Å². The van der Waals surface area contributed by atoms with Crippen molar-refractivity contribution < 1.29 is 0 Å². The highest BCUT2D eigenvalue weighted by Gasteiger charge is 2.62. The molecule has 0 aromatic heterocycles. The minimum atomic E-state index is -0.578. The van der Waals surface area contributed by atoms with Crippen LogP contribution in [0, 0.1) is 11.8 Å². The zero-order valence-electron chi connectivity index (χ0n) is 20.8. The zero-order valence-corrected chi connectivity index (χ0v) is 20.8. The molecule has 0 amide bonds. The first-order valence-corrected chi connectivity index (χ1v) is 11.1. The lowest BCUT2D eigenvalue weighted by Gasteiger charge is -2.68. The highest BCUT2D eigenvalue weighted by Crippen LogP contribution is 2.46. The number of hydrogen-bond donors (Lipinski definition) is 2. The molecule has 1 aliphatic rings. The van der Waals surface area contributed by atoms with Crippen LogP contribution in [-0.2, 0) is 0 Å². The molecule has 0 radical (unpaired) electrons. The molecular formula is C22H48N6. The molecule has 0 bridgehead atoms. The van der Waals surface area contributed by atoms with Gasteiger partial charge in [-0.05, 0) is 62.4 Å². The van der Waals surface area contributed by atoms with Gasteiger partial charge in [-0.25, -0.2) is 9.89 Å². The highest BCUT2D eigenvalue weighted by molar-refractivity contribution is 5.80. The summed E-state index contributed by atoms with van der Waals surface area (Å²) in [6.07, 6.45) is 0. The molecule has 0 fully saturated rings. The van der Waals surface area contributed by atoms with E-state index in [9.17, 15) is 0 Å². The first-order chi connectivity index (χ1) is 12.7. The normalized spacial score (nSPS) is 27.4. The van der Waals surface area contributed by atoms with Gasteiger partial charge in [-0.3, -0.25) is 10.2 Å². The Balaban J connectivity index is 4.07. The summed E-state index contributed by atoms with van der Waals surface area (Å²) in [6.45, 7) is 27.0. The molecule has 1 rings (SSSR count). The van der Waals surface area contributed by atoms with Gasteiger partial charge >= 0.3 is 0 Å². The summed E-state index contributed by atoms with van der Waals surface area (Å²) in [5.41, 5.74) is 6.77.